The minimum atomic E-state index is 0.727. The molecule has 0 bridgehead atoms. The molecule has 0 aliphatic rings. The van der Waals surface area contributed by atoms with E-state index in [0.717, 1.165) is 19.4 Å². The lowest BCUT2D eigenvalue weighted by Gasteiger charge is -2.04. The van der Waals surface area contributed by atoms with Crippen molar-refractivity contribution < 1.29 is 0 Å². The summed E-state index contributed by atoms with van der Waals surface area (Å²) in [5, 5.41) is 0. The van der Waals surface area contributed by atoms with Crippen LogP contribution in [0.15, 0.2) is 22.7 Å². The molecule has 0 spiro atoms. The van der Waals surface area contributed by atoms with Crippen LogP contribution in [0.3, 0.4) is 0 Å². The molecule has 1 aromatic rings. The Morgan fingerprint density at radius 2 is 2.17 bits per heavy atom. The molecule has 0 aromatic heterocycles. The van der Waals surface area contributed by atoms with Gasteiger partial charge in [-0.1, -0.05) is 35.0 Å². The first-order chi connectivity index (χ1) is 5.77. The van der Waals surface area contributed by atoms with Crippen LogP contribution in [0.1, 0.15) is 18.1 Å². The van der Waals surface area contributed by atoms with Crippen molar-refractivity contribution in [2.75, 3.05) is 6.54 Å². The van der Waals surface area contributed by atoms with Crippen molar-refractivity contribution in [3.05, 3.63) is 33.8 Å². The van der Waals surface area contributed by atoms with Gasteiger partial charge in [0.25, 0.3) is 0 Å². The van der Waals surface area contributed by atoms with Crippen LogP contribution in [0.2, 0.25) is 0 Å². The molecule has 1 rings (SSSR count). The average molecular weight is 228 g/mol. The first kappa shape index (κ1) is 9.75. The van der Waals surface area contributed by atoms with Gasteiger partial charge in [-0.3, -0.25) is 0 Å². The Morgan fingerprint density at radius 1 is 1.42 bits per heavy atom. The Bertz CT molecular complexity index is 258. The van der Waals surface area contributed by atoms with Crippen molar-refractivity contribution in [3.8, 4) is 0 Å². The Morgan fingerprint density at radius 3 is 2.75 bits per heavy atom. The zero-order chi connectivity index (χ0) is 8.97. The van der Waals surface area contributed by atoms with Gasteiger partial charge in [0.15, 0.2) is 0 Å². The lowest BCUT2D eigenvalue weighted by atomic mass is 10.1. The zero-order valence-corrected chi connectivity index (χ0v) is 8.89. The van der Waals surface area contributed by atoms with Crippen LogP contribution in [-0.4, -0.2) is 6.54 Å². The maximum Gasteiger partial charge on any atom is 0.0207 e. The van der Waals surface area contributed by atoms with E-state index in [4.69, 9.17) is 5.73 Å². The summed E-state index contributed by atoms with van der Waals surface area (Å²) in [5.74, 6) is 0. The molecule has 0 saturated heterocycles. The first-order valence-electron chi connectivity index (χ1n) is 4.25. The van der Waals surface area contributed by atoms with E-state index in [1.165, 1.54) is 15.6 Å². The monoisotopic (exact) mass is 227 g/mol. The zero-order valence-electron chi connectivity index (χ0n) is 7.31. The maximum absolute atomic E-state index is 5.48. The molecule has 0 saturated carbocycles. The predicted octanol–water partition coefficient (Wildman–Crippen LogP) is 2.51. The molecule has 12 heavy (non-hydrogen) atoms. The van der Waals surface area contributed by atoms with E-state index in [1.807, 2.05) is 0 Å². The molecule has 0 heterocycles. The smallest absolute Gasteiger partial charge is 0.0207 e. The third-order valence-corrected chi connectivity index (χ3v) is 2.70. The Balaban J connectivity index is 2.89. The molecule has 0 amide bonds. The molecule has 0 unspecified atom stereocenters. The minimum Gasteiger partial charge on any atom is -0.330 e. The highest BCUT2D eigenvalue weighted by Crippen LogP contribution is 2.18. The van der Waals surface area contributed by atoms with Crippen molar-refractivity contribution >= 4 is 15.9 Å². The number of rotatable bonds is 3. The third-order valence-electron chi connectivity index (χ3n) is 1.92. The molecule has 1 aromatic carbocycles. The molecule has 0 aliphatic carbocycles. The van der Waals surface area contributed by atoms with Crippen LogP contribution in [0, 0.1) is 0 Å². The summed E-state index contributed by atoms with van der Waals surface area (Å²) >= 11 is 3.51. The summed E-state index contributed by atoms with van der Waals surface area (Å²) in [6, 6.07) is 6.44. The fourth-order valence-electron chi connectivity index (χ4n) is 1.22. The number of halogens is 1. The highest BCUT2D eigenvalue weighted by Gasteiger charge is 1.98. The number of hydrogen-bond donors (Lipinski definition) is 1. The number of hydrogen-bond acceptors (Lipinski definition) is 1. The summed E-state index contributed by atoms with van der Waals surface area (Å²) in [6.07, 6.45) is 2.04. The molecule has 2 heteroatoms. The summed E-state index contributed by atoms with van der Waals surface area (Å²) in [6.45, 7) is 2.89. The van der Waals surface area contributed by atoms with Crippen LogP contribution < -0.4 is 5.73 Å². The van der Waals surface area contributed by atoms with Gasteiger partial charge < -0.3 is 5.73 Å². The number of benzene rings is 1. The second-order valence-corrected chi connectivity index (χ2v) is 3.67. The van der Waals surface area contributed by atoms with Crippen LogP contribution in [0.5, 0.6) is 0 Å². The lowest BCUT2D eigenvalue weighted by molar-refractivity contribution is 0.960. The van der Waals surface area contributed by atoms with Crippen molar-refractivity contribution in [1.29, 1.82) is 0 Å². The molecule has 1 nitrogen and oxygen atoms in total. The molecule has 66 valence electrons. The van der Waals surface area contributed by atoms with Gasteiger partial charge >= 0.3 is 0 Å². The maximum atomic E-state index is 5.48. The van der Waals surface area contributed by atoms with Gasteiger partial charge in [0.05, 0.1) is 0 Å². The van der Waals surface area contributed by atoms with Crippen molar-refractivity contribution in [1.82, 2.24) is 0 Å². The lowest BCUT2D eigenvalue weighted by Crippen LogP contribution is -2.02. The second kappa shape index (κ2) is 4.63. The SMILES string of the molecule is CCc1cc(CCN)ccc1Br. The van der Waals surface area contributed by atoms with Gasteiger partial charge in [-0.05, 0) is 36.6 Å². The van der Waals surface area contributed by atoms with E-state index in [9.17, 15) is 0 Å². The average Bonchev–Trinajstić information content (AvgIpc) is 2.09. The van der Waals surface area contributed by atoms with E-state index in [0.29, 0.717) is 0 Å². The Hall–Kier alpha value is -0.340. The van der Waals surface area contributed by atoms with E-state index >= 15 is 0 Å². The van der Waals surface area contributed by atoms with Crippen LogP contribution in [-0.2, 0) is 12.8 Å². The van der Waals surface area contributed by atoms with E-state index in [1.54, 1.807) is 0 Å². The van der Waals surface area contributed by atoms with E-state index < -0.39 is 0 Å². The predicted molar refractivity (Wildman–Crippen MR) is 56.3 cm³/mol. The highest BCUT2D eigenvalue weighted by atomic mass is 79.9. The Kier molecular flexibility index (Phi) is 3.76. The standard InChI is InChI=1S/C10H14BrN/c1-2-9-7-8(5-6-12)3-4-10(9)11/h3-4,7H,2,5-6,12H2,1H3. The van der Waals surface area contributed by atoms with Crippen molar-refractivity contribution in [2.45, 2.75) is 19.8 Å². The number of aryl methyl sites for hydroxylation is 1. The molecule has 2 N–H and O–H groups in total. The first-order valence-corrected chi connectivity index (χ1v) is 5.04. The third kappa shape index (κ3) is 2.32. The quantitative estimate of drug-likeness (QED) is 0.845. The van der Waals surface area contributed by atoms with Gasteiger partial charge in [-0.15, -0.1) is 0 Å². The van der Waals surface area contributed by atoms with Crippen molar-refractivity contribution in [3.63, 3.8) is 0 Å². The second-order valence-electron chi connectivity index (χ2n) is 2.82. The van der Waals surface area contributed by atoms with Crippen LogP contribution in [0.4, 0.5) is 0 Å². The summed E-state index contributed by atoms with van der Waals surface area (Å²) < 4.78 is 1.20. The molecule has 0 radical (unpaired) electrons. The topological polar surface area (TPSA) is 26.0 Å². The molecule has 0 atom stereocenters. The van der Waals surface area contributed by atoms with Gasteiger partial charge in [-0.2, -0.15) is 0 Å². The summed E-state index contributed by atoms with van der Waals surface area (Å²) in [5.41, 5.74) is 8.17. The van der Waals surface area contributed by atoms with E-state index in [2.05, 4.69) is 41.1 Å². The largest absolute Gasteiger partial charge is 0.330 e. The minimum absolute atomic E-state index is 0.727. The molecule has 0 fully saturated rings. The fraction of sp³-hybridized carbons (Fsp3) is 0.400. The van der Waals surface area contributed by atoms with Gasteiger partial charge in [0.1, 0.15) is 0 Å². The van der Waals surface area contributed by atoms with Gasteiger partial charge in [0.2, 0.25) is 0 Å². The number of nitrogens with two attached hydrogens (primary N) is 1. The summed E-state index contributed by atoms with van der Waals surface area (Å²) in [4.78, 5) is 0. The van der Waals surface area contributed by atoms with Gasteiger partial charge in [0, 0.05) is 4.47 Å². The molecule has 0 aliphatic heterocycles. The van der Waals surface area contributed by atoms with Crippen LogP contribution in [0.25, 0.3) is 0 Å². The normalized spacial score (nSPS) is 10.2. The molecular weight excluding hydrogens is 214 g/mol. The van der Waals surface area contributed by atoms with E-state index in [-0.39, 0.29) is 0 Å². The fourth-order valence-corrected chi connectivity index (χ4v) is 1.75. The van der Waals surface area contributed by atoms with Crippen molar-refractivity contribution in [2.24, 2.45) is 5.73 Å². The highest BCUT2D eigenvalue weighted by molar-refractivity contribution is 9.10. The summed E-state index contributed by atoms with van der Waals surface area (Å²) in [7, 11) is 0. The van der Waals surface area contributed by atoms with Crippen LogP contribution >= 0.6 is 15.9 Å². The molecular formula is C10H14BrN. The Labute approximate surface area is 82.1 Å². The van der Waals surface area contributed by atoms with Gasteiger partial charge in [-0.25, -0.2) is 0 Å².